The van der Waals surface area contributed by atoms with E-state index in [0.29, 0.717) is 66.5 Å². The fourth-order valence-corrected chi connectivity index (χ4v) is 5.48. The largest absolute Gasteiger partial charge is 0.460 e. The second-order valence-corrected chi connectivity index (χ2v) is 10.1. The highest BCUT2D eigenvalue weighted by Crippen LogP contribution is 2.24. The summed E-state index contributed by atoms with van der Waals surface area (Å²) in [6, 6.07) is 8.41. The first-order valence-corrected chi connectivity index (χ1v) is 12.4. The number of H-pyrrole nitrogens is 1. The van der Waals surface area contributed by atoms with Gasteiger partial charge in [-0.3, -0.25) is 4.79 Å². The Balaban J connectivity index is 1.54. The summed E-state index contributed by atoms with van der Waals surface area (Å²) in [5, 5.41) is 2.92. The van der Waals surface area contributed by atoms with Crippen molar-refractivity contribution >= 4 is 21.9 Å². The van der Waals surface area contributed by atoms with Gasteiger partial charge >= 0.3 is 5.97 Å². The van der Waals surface area contributed by atoms with Crippen molar-refractivity contribution in [2.24, 2.45) is 5.92 Å². The third kappa shape index (κ3) is 5.82. The van der Waals surface area contributed by atoms with Crippen LogP contribution in [0.1, 0.15) is 44.9 Å². The molecule has 0 spiro atoms. The van der Waals surface area contributed by atoms with Gasteiger partial charge in [0.15, 0.2) is 0 Å². The second kappa shape index (κ2) is 11.0. The van der Waals surface area contributed by atoms with E-state index in [-0.39, 0.29) is 18.4 Å². The van der Waals surface area contributed by atoms with Crippen molar-refractivity contribution in [2.45, 2.75) is 31.6 Å². The molecule has 3 rings (SSSR count). The number of sulfonamides is 1. The number of amides is 1. The minimum absolute atomic E-state index is 0.139. The van der Waals surface area contributed by atoms with Crippen molar-refractivity contribution in [2.75, 3.05) is 40.0 Å². The molecule has 2 heterocycles. The first kappa shape index (κ1) is 24.9. The molecule has 1 amide bonds. The quantitative estimate of drug-likeness (QED) is 0.423. The number of aromatic nitrogens is 1. The lowest BCUT2D eigenvalue weighted by Gasteiger charge is -2.31. The number of ether oxygens (including phenoxy) is 2. The molecule has 0 saturated carbocycles. The molecule has 0 aliphatic carbocycles. The van der Waals surface area contributed by atoms with Crippen molar-refractivity contribution < 1.29 is 27.5 Å². The molecular weight excluding hydrogens is 446 g/mol. The van der Waals surface area contributed by atoms with Gasteiger partial charge in [0.05, 0.1) is 17.1 Å². The standard InChI is InChI=1S/C23H31N3O6S/c1-16-20(23(28)32-14-13-31-3)17(2)25-21(16)22(27)24-15-18-9-11-26(12-10-18)33(29,30)19-7-5-4-6-8-19/h4-8,18,25H,9-15H2,1-3H3,(H,24,27). The molecule has 0 unspecified atom stereocenters. The van der Waals surface area contributed by atoms with Gasteiger partial charge in [0, 0.05) is 32.4 Å². The molecule has 0 radical (unpaired) electrons. The van der Waals surface area contributed by atoms with Gasteiger partial charge in [0.1, 0.15) is 12.3 Å². The van der Waals surface area contributed by atoms with Crippen molar-refractivity contribution in [1.82, 2.24) is 14.6 Å². The van der Waals surface area contributed by atoms with Gasteiger partial charge in [-0.05, 0) is 50.3 Å². The number of methoxy groups -OCH3 is 1. The Hall–Kier alpha value is -2.69. The van der Waals surface area contributed by atoms with E-state index in [1.165, 1.54) is 11.4 Å². The first-order valence-electron chi connectivity index (χ1n) is 10.9. The van der Waals surface area contributed by atoms with Gasteiger partial charge in [-0.1, -0.05) is 18.2 Å². The van der Waals surface area contributed by atoms with Gasteiger partial charge in [0.2, 0.25) is 10.0 Å². The fraction of sp³-hybridized carbons (Fsp3) is 0.478. The van der Waals surface area contributed by atoms with E-state index >= 15 is 0 Å². The van der Waals surface area contributed by atoms with Crippen LogP contribution in [-0.4, -0.2) is 69.5 Å². The molecule has 1 aromatic heterocycles. The van der Waals surface area contributed by atoms with Gasteiger partial charge in [-0.25, -0.2) is 13.2 Å². The van der Waals surface area contributed by atoms with E-state index in [2.05, 4.69) is 10.3 Å². The molecule has 33 heavy (non-hydrogen) atoms. The zero-order chi connectivity index (χ0) is 24.0. The molecule has 2 aromatic rings. The summed E-state index contributed by atoms with van der Waals surface area (Å²) < 4.78 is 37.1. The molecule has 1 aromatic carbocycles. The van der Waals surface area contributed by atoms with Crippen LogP contribution < -0.4 is 5.32 Å². The van der Waals surface area contributed by atoms with Crippen LogP contribution in [0, 0.1) is 19.8 Å². The number of carbonyl (C=O) groups excluding carboxylic acids is 2. The highest BCUT2D eigenvalue weighted by Gasteiger charge is 2.30. The number of carbonyl (C=O) groups is 2. The molecule has 0 atom stereocenters. The maximum Gasteiger partial charge on any atom is 0.340 e. The maximum atomic E-state index is 12.8. The number of hydrogen-bond acceptors (Lipinski definition) is 6. The van der Waals surface area contributed by atoms with E-state index in [1.54, 1.807) is 44.2 Å². The summed E-state index contributed by atoms with van der Waals surface area (Å²) >= 11 is 0. The topological polar surface area (TPSA) is 118 Å². The Kier molecular flexibility index (Phi) is 8.28. The van der Waals surface area contributed by atoms with E-state index in [9.17, 15) is 18.0 Å². The SMILES string of the molecule is COCCOC(=O)c1c(C)[nH]c(C(=O)NCC2CCN(S(=O)(=O)c3ccccc3)CC2)c1C. The first-order chi connectivity index (χ1) is 15.8. The molecule has 1 aliphatic rings. The summed E-state index contributed by atoms with van der Waals surface area (Å²) in [6.07, 6.45) is 1.32. The third-order valence-corrected chi connectivity index (χ3v) is 7.81. The highest BCUT2D eigenvalue weighted by molar-refractivity contribution is 7.89. The number of piperidine rings is 1. The predicted octanol–water partition coefficient (Wildman–Crippen LogP) is 2.27. The Bertz CT molecular complexity index is 1070. The molecule has 1 fully saturated rings. The fourth-order valence-electron chi connectivity index (χ4n) is 3.99. The van der Waals surface area contributed by atoms with E-state index in [4.69, 9.17) is 9.47 Å². The van der Waals surface area contributed by atoms with Gasteiger partial charge in [-0.15, -0.1) is 0 Å². The monoisotopic (exact) mass is 477 g/mol. The zero-order valence-corrected chi connectivity index (χ0v) is 20.0. The summed E-state index contributed by atoms with van der Waals surface area (Å²) in [5.74, 6) is -0.624. The smallest absolute Gasteiger partial charge is 0.340 e. The molecule has 180 valence electrons. The van der Waals surface area contributed by atoms with Crippen molar-refractivity contribution in [3.8, 4) is 0 Å². The number of rotatable bonds is 9. The number of nitrogens with one attached hydrogen (secondary N) is 2. The van der Waals surface area contributed by atoms with Crippen LogP contribution in [0.25, 0.3) is 0 Å². The van der Waals surface area contributed by atoms with Crippen LogP contribution in [0.5, 0.6) is 0 Å². The normalized spacial score (nSPS) is 15.4. The molecule has 1 saturated heterocycles. The number of aromatic amines is 1. The third-order valence-electron chi connectivity index (χ3n) is 5.90. The van der Waals surface area contributed by atoms with Crippen LogP contribution in [0.2, 0.25) is 0 Å². The van der Waals surface area contributed by atoms with E-state index < -0.39 is 16.0 Å². The Morgan fingerprint density at radius 2 is 1.79 bits per heavy atom. The number of esters is 1. The van der Waals surface area contributed by atoms with E-state index in [0.717, 1.165) is 0 Å². The minimum atomic E-state index is -3.49. The lowest BCUT2D eigenvalue weighted by molar-refractivity contribution is 0.0386. The van der Waals surface area contributed by atoms with E-state index in [1.807, 2.05) is 0 Å². The summed E-state index contributed by atoms with van der Waals surface area (Å²) in [7, 11) is -1.97. The summed E-state index contributed by atoms with van der Waals surface area (Å²) in [5.41, 5.74) is 1.79. The maximum absolute atomic E-state index is 12.8. The second-order valence-electron chi connectivity index (χ2n) is 8.12. The molecule has 10 heteroatoms. The van der Waals surface area contributed by atoms with Crippen molar-refractivity contribution in [1.29, 1.82) is 0 Å². The molecule has 0 bridgehead atoms. The molecule has 1 aliphatic heterocycles. The van der Waals surface area contributed by atoms with Crippen LogP contribution in [0.3, 0.4) is 0 Å². The van der Waals surface area contributed by atoms with Crippen LogP contribution in [0.15, 0.2) is 35.2 Å². The number of hydrogen-bond donors (Lipinski definition) is 2. The predicted molar refractivity (Wildman–Crippen MR) is 123 cm³/mol. The number of benzene rings is 1. The summed E-state index contributed by atoms with van der Waals surface area (Å²) in [6.45, 7) is 5.12. The summed E-state index contributed by atoms with van der Waals surface area (Å²) in [4.78, 5) is 28.4. The lowest BCUT2D eigenvalue weighted by Crippen LogP contribution is -2.41. The Morgan fingerprint density at radius 3 is 2.42 bits per heavy atom. The van der Waals surface area contributed by atoms with Gasteiger partial charge in [-0.2, -0.15) is 4.31 Å². The highest BCUT2D eigenvalue weighted by atomic mass is 32.2. The number of aryl methyl sites for hydroxylation is 1. The Morgan fingerprint density at radius 1 is 1.12 bits per heavy atom. The Labute approximate surface area is 194 Å². The molecule has 9 nitrogen and oxygen atoms in total. The van der Waals surface area contributed by atoms with Crippen molar-refractivity contribution in [3.05, 3.63) is 52.8 Å². The molecular formula is C23H31N3O6S. The average molecular weight is 478 g/mol. The van der Waals surface area contributed by atoms with Crippen LogP contribution in [0.4, 0.5) is 0 Å². The molecule has 2 N–H and O–H groups in total. The van der Waals surface area contributed by atoms with Gasteiger partial charge < -0.3 is 19.8 Å². The minimum Gasteiger partial charge on any atom is -0.460 e. The van der Waals surface area contributed by atoms with Crippen LogP contribution >= 0.6 is 0 Å². The zero-order valence-electron chi connectivity index (χ0n) is 19.2. The average Bonchev–Trinajstić information content (AvgIpc) is 3.12. The van der Waals surface area contributed by atoms with Gasteiger partial charge in [0.25, 0.3) is 5.91 Å². The van der Waals surface area contributed by atoms with Crippen LogP contribution in [-0.2, 0) is 19.5 Å². The van der Waals surface area contributed by atoms with Crippen molar-refractivity contribution in [3.63, 3.8) is 0 Å². The number of nitrogens with zero attached hydrogens (tertiary/aromatic N) is 1. The lowest BCUT2D eigenvalue weighted by atomic mass is 9.98.